The van der Waals surface area contributed by atoms with Crippen LogP contribution in [-0.4, -0.2) is 16.1 Å². The van der Waals surface area contributed by atoms with Crippen LogP contribution in [0, 0.1) is 5.82 Å². The van der Waals surface area contributed by atoms with Crippen molar-refractivity contribution < 1.29 is 22.4 Å². The number of alkyl halides is 3. The summed E-state index contributed by atoms with van der Waals surface area (Å²) >= 11 is 8.79. The van der Waals surface area contributed by atoms with E-state index in [1.807, 2.05) is 0 Å². The van der Waals surface area contributed by atoms with E-state index in [1.54, 1.807) is 17.6 Å². The van der Waals surface area contributed by atoms with Gasteiger partial charge < -0.3 is 5.32 Å². The van der Waals surface area contributed by atoms with Crippen LogP contribution in [0.15, 0.2) is 51.1 Å². The maximum absolute atomic E-state index is 13.3. The monoisotopic (exact) mass is 433 g/mol. The number of nitrogens with one attached hydrogen (secondary N) is 1. The number of benzene rings is 2. The molecule has 0 bridgehead atoms. The van der Waals surface area contributed by atoms with E-state index in [0.29, 0.717) is 26.4 Å². The van der Waals surface area contributed by atoms with Gasteiger partial charge in [0.2, 0.25) is 0 Å². The quantitative estimate of drug-likeness (QED) is 0.532. The molecular formula is C16H8ClF4N3OS2. The summed E-state index contributed by atoms with van der Waals surface area (Å²) in [5.41, 5.74) is 0.0246. The number of rotatable bonds is 4. The fraction of sp³-hybridized carbons (Fsp3) is 0.0625. The van der Waals surface area contributed by atoms with Crippen molar-refractivity contribution in [2.24, 2.45) is 0 Å². The highest BCUT2D eigenvalue weighted by molar-refractivity contribution is 8.01. The van der Waals surface area contributed by atoms with Crippen molar-refractivity contribution in [1.29, 1.82) is 0 Å². The van der Waals surface area contributed by atoms with E-state index in [-0.39, 0.29) is 11.3 Å². The summed E-state index contributed by atoms with van der Waals surface area (Å²) < 4.78 is 52.3. The van der Waals surface area contributed by atoms with Gasteiger partial charge in [0.1, 0.15) is 11.3 Å². The second-order valence-corrected chi connectivity index (χ2v) is 7.63. The Kier molecular flexibility index (Phi) is 5.68. The molecule has 1 aromatic heterocycles. The fourth-order valence-corrected chi connectivity index (χ4v) is 3.78. The molecule has 0 aliphatic carbocycles. The minimum absolute atomic E-state index is 0.282. The number of aromatic nitrogens is 2. The van der Waals surface area contributed by atoms with Gasteiger partial charge in [0, 0.05) is 16.1 Å². The molecule has 0 aliphatic heterocycles. The van der Waals surface area contributed by atoms with E-state index in [1.165, 1.54) is 29.2 Å². The Hall–Kier alpha value is -2.17. The molecule has 0 fully saturated rings. The standard InChI is InChI=1S/C16H8ClF4N3OS2/c17-11-6-9(2-4-13(11)27-15-24-22-7-26-15)23-14(25)8-1-3-12(18)10(5-8)16(19,20)21/h1-7H,(H,23,25). The lowest BCUT2D eigenvalue weighted by Gasteiger charge is -2.11. The molecule has 4 nitrogen and oxygen atoms in total. The van der Waals surface area contributed by atoms with Crippen LogP contribution in [0.3, 0.4) is 0 Å². The van der Waals surface area contributed by atoms with Crippen LogP contribution in [0.5, 0.6) is 0 Å². The summed E-state index contributed by atoms with van der Waals surface area (Å²) in [6, 6.07) is 6.67. The summed E-state index contributed by atoms with van der Waals surface area (Å²) in [4.78, 5) is 12.9. The number of hydrogen-bond acceptors (Lipinski definition) is 5. The first kappa shape index (κ1) is 19.6. The van der Waals surface area contributed by atoms with E-state index in [0.717, 1.165) is 6.07 Å². The molecule has 0 spiro atoms. The fourth-order valence-electron chi connectivity index (χ4n) is 2.05. The topological polar surface area (TPSA) is 54.9 Å². The number of halogens is 5. The minimum atomic E-state index is -4.90. The zero-order valence-electron chi connectivity index (χ0n) is 13.1. The Morgan fingerprint density at radius 1 is 1.19 bits per heavy atom. The molecule has 140 valence electrons. The van der Waals surface area contributed by atoms with Crippen LogP contribution >= 0.6 is 34.7 Å². The predicted molar refractivity (Wildman–Crippen MR) is 94.8 cm³/mol. The van der Waals surface area contributed by atoms with Gasteiger partial charge in [0.25, 0.3) is 5.91 Å². The normalized spacial score (nSPS) is 11.4. The molecule has 3 rings (SSSR count). The lowest BCUT2D eigenvalue weighted by Crippen LogP contribution is -2.15. The Morgan fingerprint density at radius 3 is 2.59 bits per heavy atom. The number of amides is 1. The Bertz CT molecular complexity index is 980. The van der Waals surface area contributed by atoms with Crippen molar-refractivity contribution in [1.82, 2.24) is 10.2 Å². The number of nitrogens with zero attached hydrogens (tertiary/aromatic N) is 2. The number of carbonyl (C=O) groups excluding carboxylic acids is 1. The maximum Gasteiger partial charge on any atom is 0.419 e. The van der Waals surface area contributed by atoms with Crippen LogP contribution < -0.4 is 5.32 Å². The molecule has 1 heterocycles. The van der Waals surface area contributed by atoms with Crippen molar-refractivity contribution in [3.8, 4) is 0 Å². The Balaban J connectivity index is 1.77. The molecule has 0 radical (unpaired) electrons. The maximum atomic E-state index is 13.3. The van der Waals surface area contributed by atoms with Gasteiger partial charge >= 0.3 is 6.18 Å². The molecule has 1 amide bonds. The average molecular weight is 434 g/mol. The summed E-state index contributed by atoms with van der Waals surface area (Å²) in [5.74, 6) is -2.26. The third-order valence-electron chi connectivity index (χ3n) is 3.26. The second kappa shape index (κ2) is 7.83. The van der Waals surface area contributed by atoms with Crippen LogP contribution in [0.1, 0.15) is 15.9 Å². The molecule has 2 aromatic carbocycles. The number of carbonyl (C=O) groups is 1. The first-order chi connectivity index (χ1) is 12.7. The average Bonchev–Trinajstić information content (AvgIpc) is 3.09. The molecule has 1 N–H and O–H groups in total. The van der Waals surface area contributed by atoms with Crippen LogP contribution in [0.2, 0.25) is 5.02 Å². The van der Waals surface area contributed by atoms with Crippen molar-refractivity contribution in [3.05, 3.63) is 63.9 Å². The lowest BCUT2D eigenvalue weighted by molar-refractivity contribution is -0.140. The van der Waals surface area contributed by atoms with Gasteiger partial charge in [-0.05, 0) is 36.4 Å². The molecule has 0 atom stereocenters. The highest BCUT2D eigenvalue weighted by Gasteiger charge is 2.34. The summed E-state index contributed by atoms with van der Waals surface area (Å²) in [5, 5.41) is 10.3. The molecule has 3 aromatic rings. The minimum Gasteiger partial charge on any atom is -0.322 e. The van der Waals surface area contributed by atoms with Gasteiger partial charge in [-0.1, -0.05) is 34.7 Å². The predicted octanol–water partition coefficient (Wildman–Crippen LogP) is 5.75. The van der Waals surface area contributed by atoms with E-state index in [4.69, 9.17) is 11.6 Å². The van der Waals surface area contributed by atoms with Gasteiger partial charge in [-0.15, -0.1) is 10.2 Å². The van der Waals surface area contributed by atoms with E-state index < -0.39 is 23.5 Å². The molecular weight excluding hydrogens is 426 g/mol. The zero-order valence-corrected chi connectivity index (χ0v) is 15.4. The van der Waals surface area contributed by atoms with Gasteiger partial charge in [0.15, 0.2) is 4.34 Å². The molecule has 11 heteroatoms. The SMILES string of the molecule is O=C(Nc1ccc(Sc2nncs2)c(Cl)c1)c1ccc(F)c(C(F)(F)F)c1. The van der Waals surface area contributed by atoms with Crippen LogP contribution in [0.25, 0.3) is 0 Å². The zero-order chi connectivity index (χ0) is 19.6. The van der Waals surface area contributed by atoms with Gasteiger partial charge in [0.05, 0.1) is 10.6 Å². The first-order valence-corrected chi connectivity index (χ1v) is 9.23. The van der Waals surface area contributed by atoms with E-state index in [2.05, 4.69) is 15.5 Å². The van der Waals surface area contributed by atoms with Crippen molar-refractivity contribution in [2.45, 2.75) is 15.4 Å². The van der Waals surface area contributed by atoms with Crippen molar-refractivity contribution >= 4 is 46.3 Å². The third-order valence-corrected chi connectivity index (χ3v) is 5.54. The van der Waals surface area contributed by atoms with Crippen molar-refractivity contribution in [2.75, 3.05) is 5.32 Å². The highest BCUT2D eigenvalue weighted by atomic mass is 35.5. The Labute approximate surface area is 163 Å². The second-order valence-electron chi connectivity index (χ2n) is 5.10. The number of anilines is 1. The first-order valence-electron chi connectivity index (χ1n) is 7.15. The van der Waals surface area contributed by atoms with E-state index >= 15 is 0 Å². The largest absolute Gasteiger partial charge is 0.419 e. The van der Waals surface area contributed by atoms with Crippen LogP contribution in [0.4, 0.5) is 23.2 Å². The smallest absolute Gasteiger partial charge is 0.322 e. The summed E-state index contributed by atoms with van der Waals surface area (Å²) in [7, 11) is 0. The molecule has 27 heavy (non-hydrogen) atoms. The Morgan fingerprint density at radius 2 is 1.96 bits per heavy atom. The van der Waals surface area contributed by atoms with Gasteiger partial charge in [-0.3, -0.25) is 4.79 Å². The van der Waals surface area contributed by atoms with Gasteiger partial charge in [-0.25, -0.2) is 4.39 Å². The number of hydrogen-bond donors (Lipinski definition) is 1. The highest BCUT2D eigenvalue weighted by Crippen LogP contribution is 2.35. The third kappa shape index (κ3) is 4.76. The van der Waals surface area contributed by atoms with Crippen LogP contribution in [-0.2, 0) is 6.18 Å². The molecule has 0 saturated heterocycles. The summed E-state index contributed by atoms with van der Waals surface area (Å²) in [6.07, 6.45) is -4.90. The molecule has 0 unspecified atom stereocenters. The summed E-state index contributed by atoms with van der Waals surface area (Å²) in [6.45, 7) is 0. The van der Waals surface area contributed by atoms with Crippen molar-refractivity contribution in [3.63, 3.8) is 0 Å². The molecule has 0 saturated carbocycles. The van der Waals surface area contributed by atoms with E-state index in [9.17, 15) is 22.4 Å². The van der Waals surface area contributed by atoms with Gasteiger partial charge in [-0.2, -0.15) is 13.2 Å². The lowest BCUT2D eigenvalue weighted by atomic mass is 10.1. The molecule has 0 aliphatic rings.